The van der Waals surface area contributed by atoms with Crippen LogP contribution in [0.5, 0.6) is 0 Å². The molecule has 0 fully saturated rings. The van der Waals surface area contributed by atoms with E-state index in [0.717, 1.165) is 135 Å². The Balaban J connectivity index is 4.81. The van der Waals surface area contributed by atoms with Gasteiger partial charge in [-0.3, -0.25) is 23.4 Å². The van der Waals surface area contributed by atoms with Crippen LogP contribution < -0.4 is 0 Å². The molecule has 0 aliphatic carbocycles. The van der Waals surface area contributed by atoms with Crippen molar-refractivity contribution in [3.63, 3.8) is 0 Å². The molecule has 0 radical (unpaired) electrons. The Hall–Kier alpha value is -4.12. The van der Waals surface area contributed by atoms with Gasteiger partial charge in [-0.1, -0.05) is 206 Å². The number of hydrogen-bond acceptors (Lipinski definition) is 10. The quantitative estimate of drug-likeness (QED) is 0.0197. The average molecular weight is 1080 g/mol. The Morgan fingerprint density at radius 2 is 0.697 bits per heavy atom. The van der Waals surface area contributed by atoms with Crippen molar-refractivity contribution in [2.75, 3.05) is 26.4 Å². The SMILES string of the molecule is CC/C=C\C/C=C\C/C=C\C/C=C\C/C=C\CCCC(=O)OC(CO)COP(=O)(O)OCC(COC(=O)CCCCCCC/C=C\CCCCCC)OC(=O)CCCCCCCC/C=C\C/C=C\C/C=C\C/C=C\CC. The maximum atomic E-state index is 12.9. The predicted molar refractivity (Wildman–Crippen MR) is 316 cm³/mol. The van der Waals surface area contributed by atoms with Crippen molar-refractivity contribution in [2.45, 2.75) is 238 Å². The summed E-state index contributed by atoms with van der Waals surface area (Å²) in [7, 11) is -4.78. The molecule has 0 amide bonds. The molecule has 3 atom stereocenters. The van der Waals surface area contributed by atoms with Crippen molar-refractivity contribution in [3.8, 4) is 0 Å². The van der Waals surface area contributed by atoms with Crippen molar-refractivity contribution in [1.29, 1.82) is 0 Å². The van der Waals surface area contributed by atoms with Crippen LogP contribution in [0.2, 0.25) is 0 Å². The van der Waals surface area contributed by atoms with Crippen LogP contribution in [0.1, 0.15) is 226 Å². The number of unbranched alkanes of at least 4 members (excludes halogenated alkanes) is 16. The number of phosphoric acid groups is 1. The van der Waals surface area contributed by atoms with Crippen molar-refractivity contribution in [2.24, 2.45) is 0 Å². The first-order valence-electron chi connectivity index (χ1n) is 29.4. The minimum absolute atomic E-state index is 0.0916. The molecule has 0 aromatic carbocycles. The number of rotatable bonds is 53. The second kappa shape index (κ2) is 57.1. The third kappa shape index (κ3) is 54.7. The van der Waals surface area contributed by atoms with Crippen LogP contribution in [0.3, 0.4) is 0 Å². The van der Waals surface area contributed by atoms with Gasteiger partial charge in [0.05, 0.1) is 19.8 Å². The normalized spacial score (nSPS) is 14.2. The Bertz CT molecular complexity index is 1740. The van der Waals surface area contributed by atoms with E-state index in [4.69, 9.17) is 23.3 Å². The van der Waals surface area contributed by atoms with Gasteiger partial charge in [0.15, 0.2) is 6.10 Å². The van der Waals surface area contributed by atoms with E-state index in [9.17, 15) is 28.9 Å². The highest BCUT2D eigenvalue weighted by atomic mass is 31.2. The summed E-state index contributed by atoms with van der Waals surface area (Å²) in [6.45, 7) is 4.30. The molecular formula is C64H105O11P. The molecular weight excluding hydrogens is 976 g/mol. The third-order valence-corrected chi connectivity index (χ3v) is 12.8. The second-order valence-electron chi connectivity index (χ2n) is 19.0. The van der Waals surface area contributed by atoms with E-state index in [1.54, 1.807) is 0 Å². The second-order valence-corrected chi connectivity index (χ2v) is 20.5. The fourth-order valence-corrected chi connectivity index (χ4v) is 8.22. The van der Waals surface area contributed by atoms with E-state index in [2.05, 4.69) is 130 Å². The van der Waals surface area contributed by atoms with E-state index < -0.39 is 57.8 Å². The van der Waals surface area contributed by atoms with E-state index in [-0.39, 0.29) is 25.9 Å². The van der Waals surface area contributed by atoms with Crippen LogP contribution in [0.4, 0.5) is 0 Å². The topological polar surface area (TPSA) is 155 Å². The maximum absolute atomic E-state index is 12.9. The molecule has 12 heteroatoms. The summed E-state index contributed by atoms with van der Waals surface area (Å²) in [5, 5.41) is 9.82. The van der Waals surface area contributed by atoms with Crippen LogP contribution in [0, 0.1) is 0 Å². The third-order valence-electron chi connectivity index (χ3n) is 11.8. The van der Waals surface area contributed by atoms with Gasteiger partial charge in [0.1, 0.15) is 12.7 Å². The number of phosphoric ester groups is 1. The molecule has 0 saturated heterocycles. The molecule has 432 valence electrons. The summed E-state index contributed by atoms with van der Waals surface area (Å²) in [5.41, 5.74) is 0. The van der Waals surface area contributed by atoms with Gasteiger partial charge < -0.3 is 24.2 Å². The van der Waals surface area contributed by atoms with Crippen LogP contribution >= 0.6 is 7.82 Å². The molecule has 0 aliphatic rings. The molecule has 76 heavy (non-hydrogen) atoms. The highest BCUT2D eigenvalue weighted by Gasteiger charge is 2.28. The Labute approximate surface area is 462 Å². The fourth-order valence-electron chi connectivity index (χ4n) is 7.44. The van der Waals surface area contributed by atoms with Gasteiger partial charge in [-0.25, -0.2) is 4.57 Å². The first kappa shape index (κ1) is 71.9. The fraction of sp³-hybridized carbons (Fsp3) is 0.641. The standard InChI is InChI=1S/C64H105O11P/c1-4-7-10-13-16-19-22-25-27-29-30-32-34-37-40-43-46-49-52-55-64(68)75-61(57-71-62(66)53-50-47-44-41-38-35-24-21-18-15-12-9-6-3)59-73-76(69,70)72-58-60(56-65)74-63(67)54-51-48-45-42-39-36-33-31-28-26-23-20-17-14-11-8-5-2/h7-8,10-11,16-17,19-21,24-28,30,32-33,36,42,45,60-61,65H,4-6,9,12-15,18,22-23,29,31,34-35,37-41,43-44,46-59H2,1-3H3,(H,69,70)/b10-7-,11-8-,19-16-,20-17-,24-21-,27-25-,28-26-,32-30-,36-33-,45-42-. The molecule has 11 nitrogen and oxygen atoms in total. The van der Waals surface area contributed by atoms with Crippen LogP contribution in [0.15, 0.2) is 122 Å². The van der Waals surface area contributed by atoms with Gasteiger partial charge in [-0.2, -0.15) is 0 Å². The van der Waals surface area contributed by atoms with Crippen LogP contribution in [-0.4, -0.2) is 66.5 Å². The Morgan fingerprint density at radius 3 is 1.12 bits per heavy atom. The maximum Gasteiger partial charge on any atom is 0.472 e. The summed E-state index contributed by atoms with van der Waals surface area (Å²) in [6, 6.07) is 0. The molecule has 0 aliphatic heterocycles. The van der Waals surface area contributed by atoms with Gasteiger partial charge >= 0.3 is 25.7 Å². The van der Waals surface area contributed by atoms with Gasteiger partial charge in [0.2, 0.25) is 0 Å². The van der Waals surface area contributed by atoms with E-state index in [1.807, 2.05) is 12.2 Å². The van der Waals surface area contributed by atoms with E-state index in [0.29, 0.717) is 25.7 Å². The number of ether oxygens (including phenoxy) is 3. The van der Waals surface area contributed by atoms with Crippen LogP contribution in [0.25, 0.3) is 0 Å². The zero-order valence-corrected chi connectivity index (χ0v) is 48.6. The van der Waals surface area contributed by atoms with Crippen molar-refractivity contribution < 1.29 is 52.2 Å². The Kier molecular flexibility index (Phi) is 54.0. The zero-order chi connectivity index (χ0) is 55.5. The molecule has 0 saturated carbocycles. The molecule has 0 heterocycles. The average Bonchev–Trinajstić information content (AvgIpc) is 3.41. The van der Waals surface area contributed by atoms with E-state index in [1.165, 1.54) is 25.7 Å². The molecule has 0 bridgehead atoms. The van der Waals surface area contributed by atoms with Gasteiger partial charge in [0.25, 0.3) is 0 Å². The predicted octanol–water partition coefficient (Wildman–Crippen LogP) is 17.6. The van der Waals surface area contributed by atoms with Crippen molar-refractivity contribution in [3.05, 3.63) is 122 Å². The largest absolute Gasteiger partial charge is 0.472 e. The lowest BCUT2D eigenvalue weighted by molar-refractivity contribution is -0.161. The lowest BCUT2D eigenvalue weighted by Gasteiger charge is -2.21. The zero-order valence-electron chi connectivity index (χ0n) is 47.7. The summed E-state index contributed by atoms with van der Waals surface area (Å²) in [4.78, 5) is 48.6. The molecule has 3 unspecified atom stereocenters. The van der Waals surface area contributed by atoms with Gasteiger partial charge in [0, 0.05) is 19.3 Å². The summed E-state index contributed by atoms with van der Waals surface area (Å²) in [5.74, 6) is -1.56. The lowest BCUT2D eigenvalue weighted by atomic mass is 10.1. The number of aliphatic hydroxyl groups is 1. The number of carbonyl (C=O) groups is 3. The minimum Gasteiger partial charge on any atom is -0.462 e. The highest BCUT2D eigenvalue weighted by molar-refractivity contribution is 7.47. The summed E-state index contributed by atoms with van der Waals surface area (Å²) in [6.07, 6.45) is 70.2. The number of esters is 3. The number of allylic oxidation sites excluding steroid dienone is 20. The molecule has 0 aromatic heterocycles. The molecule has 0 aromatic rings. The minimum atomic E-state index is -4.78. The van der Waals surface area contributed by atoms with Crippen molar-refractivity contribution >= 4 is 25.7 Å². The van der Waals surface area contributed by atoms with Crippen molar-refractivity contribution in [1.82, 2.24) is 0 Å². The van der Waals surface area contributed by atoms with Gasteiger partial charge in [-0.05, 0) is 122 Å². The number of aliphatic hydroxyl groups excluding tert-OH is 1. The number of hydrogen-bond donors (Lipinski definition) is 2. The molecule has 0 rings (SSSR count). The Morgan fingerprint density at radius 1 is 0.382 bits per heavy atom. The summed E-state index contributed by atoms with van der Waals surface area (Å²) >= 11 is 0. The lowest BCUT2D eigenvalue weighted by Crippen LogP contribution is -2.30. The number of carbonyl (C=O) groups excluding carboxylic acids is 3. The van der Waals surface area contributed by atoms with Crippen LogP contribution in [-0.2, 0) is 42.2 Å². The monoisotopic (exact) mass is 1080 g/mol. The first-order valence-corrected chi connectivity index (χ1v) is 30.9. The first-order chi connectivity index (χ1) is 37.2. The molecule has 2 N–H and O–H groups in total. The highest BCUT2D eigenvalue weighted by Crippen LogP contribution is 2.43. The summed E-state index contributed by atoms with van der Waals surface area (Å²) < 4.78 is 39.5. The molecule has 0 spiro atoms. The smallest absolute Gasteiger partial charge is 0.462 e. The van der Waals surface area contributed by atoms with E-state index >= 15 is 0 Å². The van der Waals surface area contributed by atoms with Gasteiger partial charge in [-0.15, -0.1) is 0 Å².